The Morgan fingerprint density at radius 1 is 1.00 bits per heavy atom. The lowest BCUT2D eigenvalue weighted by molar-refractivity contribution is -0.137. The summed E-state index contributed by atoms with van der Waals surface area (Å²) in [6, 6.07) is 8.30. The van der Waals surface area contributed by atoms with E-state index < -0.39 is 23.4 Å². The monoisotopic (exact) mass is 469 g/mol. The predicted molar refractivity (Wildman–Crippen MR) is 110 cm³/mol. The topological polar surface area (TPSA) is 30.7 Å². The number of nitrogens with zero attached hydrogens (tertiary/aromatic N) is 3. The van der Waals surface area contributed by atoms with Crippen molar-refractivity contribution in [2.45, 2.75) is 13.1 Å². The van der Waals surface area contributed by atoms with Gasteiger partial charge in [-0.1, -0.05) is 23.7 Å². The number of thiophene rings is 1. The smallest absolute Gasteiger partial charge is 0.248 e. The molecule has 0 radical (unpaired) electrons. The molecular formula is C21H13ClF5N3S. The van der Waals surface area contributed by atoms with E-state index in [1.165, 1.54) is 34.2 Å². The van der Waals surface area contributed by atoms with Crippen molar-refractivity contribution in [3.63, 3.8) is 0 Å². The Hall–Kier alpha value is -2.78. The van der Waals surface area contributed by atoms with Gasteiger partial charge in [-0.2, -0.15) is 18.3 Å². The summed E-state index contributed by atoms with van der Waals surface area (Å²) >= 11 is 7.31. The zero-order valence-corrected chi connectivity index (χ0v) is 17.6. The van der Waals surface area contributed by atoms with Crippen molar-refractivity contribution in [3.05, 3.63) is 69.6 Å². The van der Waals surface area contributed by atoms with Crippen LogP contribution in [0.4, 0.5) is 22.0 Å². The van der Waals surface area contributed by atoms with E-state index in [4.69, 9.17) is 11.6 Å². The van der Waals surface area contributed by atoms with Crippen molar-refractivity contribution in [3.8, 4) is 33.2 Å². The van der Waals surface area contributed by atoms with Gasteiger partial charge in [0, 0.05) is 27.9 Å². The molecule has 2 aromatic carbocycles. The molecule has 0 fully saturated rings. The zero-order valence-electron chi connectivity index (χ0n) is 16.1. The minimum Gasteiger partial charge on any atom is -0.248 e. The van der Waals surface area contributed by atoms with E-state index in [9.17, 15) is 22.0 Å². The van der Waals surface area contributed by atoms with E-state index in [0.717, 1.165) is 17.0 Å². The lowest BCUT2D eigenvalue weighted by Gasteiger charge is -2.08. The highest BCUT2D eigenvalue weighted by molar-refractivity contribution is 7.16. The third-order valence-electron chi connectivity index (χ3n) is 4.67. The van der Waals surface area contributed by atoms with Crippen LogP contribution < -0.4 is 0 Å². The molecule has 0 saturated carbocycles. The summed E-state index contributed by atoms with van der Waals surface area (Å²) in [5.41, 5.74) is -0.338. The van der Waals surface area contributed by atoms with E-state index in [-0.39, 0.29) is 22.0 Å². The molecule has 3 nitrogen and oxygen atoms in total. The first-order chi connectivity index (χ1) is 14.6. The van der Waals surface area contributed by atoms with Gasteiger partial charge in [0.05, 0.1) is 16.1 Å². The molecule has 0 aliphatic carbocycles. The van der Waals surface area contributed by atoms with E-state index >= 15 is 0 Å². The van der Waals surface area contributed by atoms with Crippen LogP contribution in [0.1, 0.15) is 10.4 Å². The van der Waals surface area contributed by atoms with Crippen molar-refractivity contribution >= 4 is 22.9 Å². The average Bonchev–Trinajstić information content (AvgIpc) is 3.23. The minimum absolute atomic E-state index is 0.0480. The van der Waals surface area contributed by atoms with Crippen molar-refractivity contribution < 1.29 is 22.0 Å². The molecular weight excluding hydrogens is 457 g/mol. The molecule has 10 heteroatoms. The molecule has 0 spiro atoms. The number of alkyl halides is 3. The van der Waals surface area contributed by atoms with Gasteiger partial charge in [-0.15, -0.1) is 11.3 Å². The summed E-state index contributed by atoms with van der Waals surface area (Å²) in [6.45, 7) is 1.77. The van der Waals surface area contributed by atoms with Gasteiger partial charge < -0.3 is 0 Å². The third-order valence-corrected chi connectivity index (χ3v) is 6.07. The Kier molecular flexibility index (Phi) is 5.35. The van der Waals surface area contributed by atoms with Gasteiger partial charge in [0.2, 0.25) is 0 Å². The first-order valence-corrected chi connectivity index (χ1v) is 10.1. The fraction of sp³-hybridized carbons (Fsp3) is 0.143. The predicted octanol–water partition coefficient (Wildman–Crippen LogP) is 7.14. The van der Waals surface area contributed by atoms with Crippen LogP contribution in [0.25, 0.3) is 33.2 Å². The molecule has 4 rings (SSSR count). The molecule has 0 saturated heterocycles. The van der Waals surface area contributed by atoms with Crippen LogP contribution in [-0.2, 0) is 13.2 Å². The number of hydrogen-bond acceptors (Lipinski definition) is 3. The number of aryl methyl sites for hydroxylation is 2. The summed E-state index contributed by atoms with van der Waals surface area (Å²) in [7, 11) is 1.62. The quantitative estimate of drug-likeness (QED) is 0.299. The number of rotatable bonds is 3. The second-order valence-corrected chi connectivity index (χ2v) is 8.42. The van der Waals surface area contributed by atoms with Crippen LogP contribution in [0.2, 0.25) is 5.02 Å². The van der Waals surface area contributed by atoms with Gasteiger partial charge in [-0.25, -0.2) is 18.4 Å². The first kappa shape index (κ1) is 21.5. The summed E-state index contributed by atoms with van der Waals surface area (Å²) in [6.07, 6.45) is -4.63. The molecule has 2 heterocycles. The Bertz CT molecular complexity index is 1270. The summed E-state index contributed by atoms with van der Waals surface area (Å²) in [5.74, 6) is -1.06. The molecule has 160 valence electrons. The highest BCUT2D eigenvalue weighted by Gasteiger charge is 2.31. The number of halogens is 6. The standard InChI is InChI=1S/C21H13ClF5N3S/c1-10-13(9-17(31-10)12-7-6-11(8-16(12)24)21(25,26)27)20-28-19(29-30(20)2)18-14(22)4-3-5-15(18)23/h3-9H,1-2H3. The van der Waals surface area contributed by atoms with Gasteiger partial charge in [-0.3, -0.25) is 0 Å². The normalized spacial score (nSPS) is 11.9. The van der Waals surface area contributed by atoms with Crippen molar-refractivity contribution in [2.75, 3.05) is 0 Å². The van der Waals surface area contributed by atoms with E-state index in [1.54, 1.807) is 20.0 Å². The van der Waals surface area contributed by atoms with Crippen LogP contribution in [0, 0.1) is 18.6 Å². The molecule has 0 atom stereocenters. The lowest BCUT2D eigenvalue weighted by atomic mass is 10.1. The van der Waals surface area contributed by atoms with Crippen molar-refractivity contribution in [2.24, 2.45) is 7.05 Å². The molecule has 31 heavy (non-hydrogen) atoms. The third kappa shape index (κ3) is 3.95. The van der Waals surface area contributed by atoms with E-state index in [0.29, 0.717) is 22.3 Å². The fourth-order valence-electron chi connectivity index (χ4n) is 3.16. The molecule has 0 bridgehead atoms. The van der Waals surface area contributed by atoms with Crippen LogP contribution in [0.3, 0.4) is 0 Å². The molecule has 0 aliphatic rings. The minimum atomic E-state index is -4.63. The second-order valence-electron chi connectivity index (χ2n) is 6.75. The second kappa shape index (κ2) is 7.72. The Balaban J connectivity index is 1.77. The highest BCUT2D eigenvalue weighted by Crippen LogP contribution is 2.40. The van der Waals surface area contributed by atoms with Crippen LogP contribution in [0.5, 0.6) is 0 Å². The molecule has 4 aromatic rings. The Morgan fingerprint density at radius 2 is 1.74 bits per heavy atom. The molecule has 0 amide bonds. The maximum atomic E-state index is 14.4. The number of benzene rings is 2. The van der Waals surface area contributed by atoms with Crippen molar-refractivity contribution in [1.29, 1.82) is 0 Å². The van der Waals surface area contributed by atoms with Gasteiger partial charge in [0.25, 0.3) is 0 Å². The number of hydrogen-bond donors (Lipinski definition) is 0. The highest BCUT2D eigenvalue weighted by atomic mass is 35.5. The Morgan fingerprint density at radius 3 is 2.39 bits per heavy atom. The van der Waals surface area contributed by atoms with Gasteiger partial charge in [0.1, 0.15) is 11.6 Å². The van der Waals surface area contributed by atoms with Gasteiger partial charge in [-0.05, 0) is 37.3 Å². The van der Waals surface area contributed by atoms with E-state index in [1.807, 2.05) is 0 Å². The maximum Gasteiger partial charge on any atom is 0.416 e. The largest absolute Gasteiger partial charge is 0.416 e. The van der Waals surface area contributed by atoms with Crippen LogP contribution >= 0.6 is 22.9 Å². The van der Waals surface area contributed by atoms with Gasteiger partial charge in [0.15, 0.2) is 11.6 Å². The Labute approximate surface area is 182 Å². The summed E-state index contributed by atoms with van der Waals surface area (Å²) in [5, 5.41) is 4.40. The first-order valence-electron chi connectivity index (χ1n) is 8.89. The molecule has 0 unspecified atom stereocenters. The maximum absolute atomic E-state index is 14.4. The van der Waals surface area contributed by atoms with E-state index in [2.05, 4.69) is 10.1 Å². The van der Waals surface area contributed by atoms with Crippen LogP contribution in [-0.4, -0.2) is 14.8 Å². The SMILES string of the molecule is Cc1sc(-c2ccc(C(F)(F)F)cc2F)cc1-c1nc(-c2c(F)cccc2Cl)nn1C. The van der Waals surface area contributed by atoms with Crippen molar-refractivity contribution in [1.82, 2.24) is 14.8 Å². The average molecular weight is 470 g/mol. The fourth-order valence-corrected chi connectivity index (χ4v) is 4.45. The summed E-state index contributed by atoms with van der Waals surface area (Å²) < 4.78 is 68.6. The van der Waals surface area contributed by atoms with Crippen LogP contribution in [0.15, 0.2) is 42.5 Å². The summed E-state index contributed by atoms with van der Waals surface area (Å²) in [4.78, 5) is 5.58. The van der Waals surface area contributed by atoms with Gasteiger partial charge >= 0.3 is 6.18 Å². The molecule has 2 aromatic heterocycles. The zero-order chi connectivity index (χ0) is 22.5. The number of aromatic nitrogens is 3. The lowest BCUT2D eigenvalue weighted by Crippen LogP contribution is -2.05. The molecule has 0 N–H and O–H groups in total. The molecule has 0 aliphatic heterocycles.